The molecule has 1 saturated carbocycles. The van der Waals surface area contributed by atoms with Crippen molar-refractivity contribution in [3.05, 3.63) is 16.8 Å². The first kappa shape index (κ1) is 13.3. The van der Waals surface area contributed by atoms with E-state index in [0.717, 1.165) is 18.4 Å². The highest BCUT2D eigenvalue weighted by Gasteiger charge is 2.42. The summed E-state index contributed by atoms with van der Waals surface area (Å²) in [5.74, 6) is -0.621. The summed E-state index contributed by atoms with van der Waals surface area (Å²) in [5.41, 5.74) is 0.776. The largest absolute Gasteiger partial charge is 0.480 e. The fourth-order valence-corrected chi connectivity index (χ4v) is 2.43. The van der Waals surface area contributed by atoms with Gasteiger partial charge in [0, 0.05) is 0 Å². The second kappa shape index (κ2) is 4.84. The summed E-state index contributed by atoms with van der Waals surface area (Å²) in [6.45, 7) is 3.56. The molecular formula is C13H16N4O2. The van der Waals surface area contributed by atoms with Gasteiger partial charge in [0.25, 0.3) is 0 Å². The van der Waals surface area contributed by atoms with E-state index >= 15 is 0 Å². The van der Waals surface area contributed by atoms with Crippen molar-refractivity contribution in [1.82, 2.24) is 10.2 Å². The van der Waals surface area contributed by atoms with Crippen molar-refractivity contribution in [2.45, 2.75) is 45.1 Å². The van der Waals surface area contributed by atoms with Crippen LogP contribution in [0.4, 0.5) is 5.82 Å². The van der Waals surface area contributed by atoms with Gasteiger partial charge < -0.3 is 10.4 Å². The average Bonchev–Trinajstić information content (AvgIpc) is 2.84. The van der Waals surface area contributed by atoms with Crippen molar-refractivity contribution in [3.8, 4) is 6.07 Å². The molecule has 0 aromatic carbocycles. The zero-order valence-corrected chi connectivity index (χ0v) is 11.0. The molecule has 1 aliphatic rings. The molecule has 2 rings (SSSR count). The van der Waals surface area contributed by atoms with Gasteiger partial charge >= 0.3 is 5.97 Å². The van der Waals surface area contributed by atoms with Crippen LogP contribution in [0.1, 0.15) is 42.5 Å². The summed E-state index contributed by atoms with van der Waals surface area (Å²) in [5, 5.41) is 29.5. The maximum atomic E-state index is 11.5. The molecule has 1 aromatic rings. The number of nitrogens with one attached hydrogen (secondary N) is 1. The standard InChI is InChI=1S/C13H16N4O2/c1-8-9(2)16-17-11(10(8)7-14)15-13(12(18)19)5-3-4-6-13/h3-6H2,1-2H3,(H,15,17)(H,18,19). The number of carboxylic acids is 1. The number of carbonyl (C=O) groups is 1. The van der Waals surface area contributed by atoms with E-state index in [2.05, 4.69) is 21.6 Å². The summed E-state index contributed by atoms with van der Waals surface area (Å²) in [6, 6.07) is 2.08. The van der Waals surface area contributed by atoms with Gasteiger partial charge in [0.1, 0.15) is 17.2 Å². The van der Waals surface area contributed by atoms with Gasteiger partial charge in [-0.1, -0.05) is 12.8 Å². The third kappa shape index (κ3) is 2.24. The van der Waals surface area contributed by atoms with E-state index in [0.29, 0.717) is 24.1 Å². The molecule has 0 atom stereocenters. The first-order valence-electron chi connectivity index (χ1n) is 6.26. The van der Waals surface area contributed by atoms with Crippen LogP contribution in [0.3, 0.4) is 0 Å². The lowest BCUT2D eigenvalue weighted by Crippen LogP contribution is -2.44. The second-order valence-electron chi connectivity index (χ2n) is 4.97. The number of carboxylic acid groups (broad SMARTS) is 1. The molecule has 19 heavy (non-hydrogen) atoms. The summed E-state index contributed by atoms with van der Waals surface area (Å²) in [7, 11) is 0. The van der Waals surface area contributed by atoms with Crippen molar-refractivity contribution in [2.24, 2.45) is 0 Å². The van der Waals surface area contributed by atoms with Gasteiger partial charge in [0.15, 0.2) is 5.82 Å². The van der Waals surface area contributed by atoms with Gasteiger partial charge in [0.05, 0.1) is 5.69 Å². The molecule has 0 spiro atoms. The molecule has 100 valence electrons. The van der Waals surface area contributed by atoms with Crippen LogP contribution in [0.15, 0.2) is 0 Å². The summed E-state index contributed by atoms with van der Waals surface area (Å²) >= 11 is 0. The van der Waals surface area contributed by atoms with Crippen LogP contribution in [-0.4, -0.2) is 26.8 Å². The Labute approximate surface area is 111 Å². The van der Waals surface area contributed by atoms with Crippen LogP contribution in [0.25, 0.3) is 0 Å². The molecule has 1 aliphatic carbocycles. The van der Waals surface area contributed by atoms with E-state index in [-0.39, 0.29) is 5.82 Å². The molecule has 0 radical (unpaired) electrons. The number of hydrogen-bond acceptors (Lipinski definition) is 5. The lowest BCUT2D eigenvalue weighted by molar-refractivity contribution is -0.142. The Morgan fingerprint density at radius 1 is 1.37 bits per heavy atom. The Kier molecular flexibility index (Phi) is 3.38. The van der Waals surface area contributed by atoms with Crippen LogP contribution >= 0.6 is 0 Å². The molecule has 0 saturated heterocycles. The normalized spacial score (nSPS) is 16.9. The molecule has 1 fully saturated rings. The molecular weight excluding hydrogens is 244 g/mol. The van der Waals surface area contributed by atoms with Crippen LogP contribution in [0.5, 0.6) is 0 Å². The SMILES string of the molecule is Cc1nnc(NC2(C(=O)O)CCCC2)c(C#N)c1C. The van der Waals surface area contributed by atoms with E-state index in [1.54, 1.807) is 13.8 Å². The molecule has 1 aromatic heterocycles. The third-order valence-corrected chi connectivity index (χ3v) is 3.79. The van der Waals surface area contributed by atoms with Gasteiger partial charge in [0.2, 0.25) is 0 Å². The number of aliphatic carboxylic acids is 1. The van der Waals surface area contributed by atoms with Crippen molar-refractivity contribution in [2.75, 3.05) is 5.32 Å². The van der Waals surface area contributed by atoms with Crippen molar-refractivity contribution in [1.29, 1.82) is 5.26 Å². The summed E-state index contributed by atoms with van der Waals surface area (Å²) in [4.78, 5) is 11.5. The maximum absolute atomic E-state index is 11.5. The molecule has 6 heteroatoms. The number of anilines is 1. The average molecular weight is 260 g/mol. The molecule has 2 N–H and O–H groups in total. The molecule has 0 unspecified atom stereocenters. The fourth-order valence-electron chi connectivity index (χ4n) is 2.43. The van der Waals surface area contributed by atoms with E-state index in [9.17, 15) is 15.2 Å². The number of rotatable bonds is 3. The lowest BCUT2D eigenvalue weighted by Gasteiger charge is -2.26. The van der Waals surface area contributed by atoms with Crippen LogP contribution in [0.2, 0.25) is 0 Å². The summed E-state index contributed by atoms with van der Waals surface area (Å²) < 4.78 is 0. The lowest BCUT2D eigenvalue weighted by atomic mass is 9.97. The third-order valence-electron chi connectivity index (χ3n) is 3.79. The zero-order chi connectivity index (χ0) is 14.0. The van der Waals surface area contributed by atoms with Crippen LogP contribution in [0, 0.1) is 25.2 Å². The maximum Gasteiger partial charge on any atom is 0.329 e. The number of aromatic nitrogens is 2. The second-order valence-corrected chi connectivity index (χ2v) is 4.97. The molecule has 6 nitrogen and oxygen atoms in total. The number of hydrogen-bond donors (Lipinski definition) is 2. The molecule has 0 aliphatic heterocycles. The van der Waals surface area contributed by atoms with Crippen molar-refractivity contribution in [3.63, 3.8) is 0 Å². The smallest absolute Gasteiger partial charge is 0.329 e. The predicted molar refractivity (Wildman–Crippen MR) is 68.7 cm³/mol. The van der Waals surface area contributed by atoms with Crippen molar-refractivity contribution >= 4 is 11.8 Å². The molecule has 0 amide bonds. The first-order valence-corrected chi connectivity index (χ1v) is 6.26. The van der Waals surface area contributed by atoms with Crippen LogP contribution in [-0.2, 0) is 4.79 Å². The van der Waals surface area contributed by atoms with E-state index in [1.807, 2.05) is 0 Å². The Morgan fingerprint density at radius 3 is 2.53 bits per heavy atom. The monoisotopic (exact) mass is 260 g/mol. The fraction of sp³-hybridized carbons (Fsp3) is 0.538. The highest BCUT2D eigenvalue weighted by Crippen LogP contribution is 2.34. The van der Waals surface area contributed by atoms with Gasteiger partial charge in [-0.25, -0.2) is 4.79 Å². The number of aryl methyl sites for hydroxylation is 1. The van der Waals surface area contributed by atoms with E-state index < -0.39 is 11.5 Å². The van der Waals surface area contributed by atoms with Crippen molar-refractivity contribution < 1.29 is 9.90 Å². The Hall–Kier alpha value is -2.16. The van der Waals surface area contributed by atoms with E-state index in [4.69, 9.17) is 0 Å². The van der Waals surface area contributed by atoms with Gasteiger partial charge in [-0.05, 0) is 32.3 Å². The highest BCUT2D eigenvalue weighted by molar-refractivity contribution is 5.83. The van der Waals surface area contributed by atoms with Gasteiger partial charge in [-0.3, -0.25) is 0 Å². The quantitative estimate of drug-likeness (QED) is 0.859. The van der Waals surface area contributed by atoms with Gasteiger partial charge in [-0.15, -0.1) is 5.10 Å². The minimum atomic E-state index is -1.01. The Bertz CT molecular complexity index is 556. The molecule has 0 bridgehead atoms. The van der Waals surface area contributed by atoms with Crippen LogP contribution < -0.4 is 5.32 Å². The predicted octanol–water partition coefficient (Wildman–Crippen LogP) is 1.77. The number of nitriles is 1. The van der Waals surface area contributed by atoms with Gasteiger partial charge in [-0.2, -0.15) is 10.4 Å². The van der Waals surface area contributed by atoms with E-state index in [1.165, 1.54) is 0 Å². The Morgan fingerprint density at radius 2 is 2.00 bits per heavy atom. The first-order chi connectivity index (χ1) is 9.00. The zero-order valence-electron chi connectivity index (χ0n) is 11.0. The molecule has 1 heterocycles. The minimum absolute atomic E-state index is 0.273. The topological polar surface area (TPSA) is 98.9 Å². The Balaban J connectivity index is 2.41. The highest BCUT2D eigenvalue weighted by atomic mass is 16.4. The number of nitrogens with zero attached hydrogens (tertiary/aromatic N) is 3. The minimum Gasteiger partial charge on any atom is -0.480 e. The summed E-state index contributed by atoms with van der Waals surface area (Å²) in [6.07, 6.45) is 2.81.